The largest absolute Gasteiger partial charge is 0.0977 e. The molecule has 0 radical (unpaired) electrons. The van der Waals surface area contributed by atoms with Crippen molar-refractivity contribution >= 4 is 0 Å². The van der Waals surface area contributed by atoms with Gasteiger partial charge in [0.15, 0.2) is 0 Å². The molecule has 1 atom stereocenters. The molecule has 8 heavy (non-hydrogen) atoms. The highest BCUT2D eigenvalue weighted by Crippen LogP contribution is 2.09. The summed E-state index contributed by atoms with van der Waals surface area (Å²) in [6.07, 6.45) is 3.26. The van der Waals surface area contributed by atoms with E-state index < -0.39 is 0 Å². The van der Waals surface area contributed by atoms with Crippen LogP contribution in [0.25, 0.3) is 0 Å². The lowest BCUT2D eigenvalue weighted by molar-refractivity contribution is 0.749. The fourth-order valence-corrected chi connectivity index (χ4v) is 0.879. The smallest absolute Gasteiger partial charge is 0.0153 e. The Balaban J connectivity index is 2.71. The number of hydrogen-bond acceptors (Lipinski definition) is 0. The molecule has 0 N–H and O–H groups in total. The highest BCUT2D eigenvalue weighted by Gasteiger charge is 1.97. The van der Waals surface area contributed by atoms with Crippen molar-refractivity contribution in [2.75, 3.05) is 0 Å². The van der Waals surface area contributed by atoms with Crippen molar-refractivity contribution in [1.29, 1.82) is 0 Å². The Labute approximate surface area is 50.6 Å². The molecule has 0 bridgehead atoms. The summed E-state index contributed by atoms with van der Waals surface area (Å²) in [4.78, 5) is 0. The van der Waals surface area contributed by atoms with Crippen LogP contribution in [0.3, 0.4) is 0 Å². The first-order chi connectivity index (χ1) is 3.79. The number of allylic oxidation sites excluding steroid dienone is 2. The van der Waals surface area contributed by atoms with E-state index >= 15 is 0 Å². The van der Waals surface area contributed by atoms with Crippen molar-refractivity contribution in [3.05, 3.63) is 11.6 Å². The minimum Gasteiger partial charge on any atom is -0.0977 e. The van der Waals surface area contributed by atoms with Crippen LogP contribution in [-0.4, -0.2) is 0 Å². The fraction of sp³-hybridized carbons (Fsp3) is 0.500. The normalized spacial score (nSPS) is 25.8. The quantitative estimate of drug-likeness (QED) is 0.414. The lowest BCUT2D eigenvalue weighted by Gasteiger charge is -2.03. The van der Waals surface area contributed by atoms with Gasteiger partial charge in [0, 0.05) is 6.42 Å². The molecular formula is C8H10. The van der Waals surface area contributed by atoms with Crippen LogP contribution in [0, 0.1) is 17.8 Å². The SMILES string of the molecule is CC1=CC(C)CC#C1. The molecule has 0 nitrogen and oxygen atoms in total. The Bertz CT molecular complexity index is 164. The van der Waals surface area contributed by atoms with Crippen molar-refractivity contribution < 1.29 is 0 Å². The van der Waals surface area contributed by atoms with Gasteiger partial charge in [-0.05, 0) is 18.4 Å². The predicted molar refractivity (Wildman–Crippen MR) is 35.3 cm³/mol. The minimum absolute atomic E-state index is 0.677. The Morgan fingerprint density at radius 2 is 2.50 bits per heavy atom. The molecule has 1 unspecified atom stereocenters. The van der Waals surface area contributed by atoms with Crippen LogP contribution >= 0.6 is 0 Å². The summed E-state index contributed by atoms with van der Waals surface area (Å²) >= 11 is 0. The molecule has 0 spiro atoms. The lowest BCUT2D eigenvalue weighted by Crippen LogP contribution is -1.92. The highest BCUT2D eigenvalue weighted by molar-refractivity contribution is 5.30. The van der Waals surface area contributed by atoms with Crippen LogP contribution in [0.2, 0.25) is 0 Å². The maximum absolute atomic E-state index is 3.07. The molecule has 0 amide bonds. The van der Waals surface area contributed by atoms with Gasteiger partial charge in [-0.3, -0.25) is 0 Å². The zero-order valence-corrected chi connectivity index (χ0v) is 5.36. The Morgan fingerprint density at radius 3 is 2.88 bits per heavy atom. The maximum atomic E-state index is 3.07. The van der Waals surface area contributed by atoms with Crippen LogP contribution in [0.4, 0.5) is 0 Å². The van der Waals surface area contributed by atoms with Gasteiger partial charge in [-0.15, -0.1) is 0 Å². The summed E-state index contributed by atoms with van der Waals surface area (Å²) in [5.41, 5.74) is 1.23. The molecule has 0 aliphatic heterocycles. The van der Waals surface area contributed by atoms with Crippen molar-refractivity contribution in [1.82, 2.24) is 0 Å². The van der Waals surface area contributed by atoms with Gasteiger partial charge in [0.05, 0.1) is 0 Å². The van der Waals surface area contributed by atoms with Gasteiger partial charge in [-0.25, -0.2) is 0 Å². The fourth-order valence-electron chi connectivity index (χ4n) is 0.879. The second-order valence-corrected chi connectivity index (χ2v) is 2.33. The van der Waals surface area contributed by atoms with Crippen LogP contribution in [-0.2, 0) is 0 Å². The van der Waals surface area contributed by atoms with E-state index in [2.05, 4.69) is 31.8 Å². The van der Waals surface area contributed by atoms with E-state index in [1.165, 1.54) is 5.57 Å². The van der Waals surface area contributed by atoms with Crippen molar-refractivity contribution in [3.8, 4) is 11.8 Å². The summed E-state index contributed by atoms with van der Waals surface area (Å²) in [5.74, 6) is 6.77. The summed E-state index contributed by atoms with van der Waals surface area (Å²) < 4.78 is 0. The third-order valence-electron chi connectivity index (χ3n) is 1.24. The molecule has 0 aromatic rings. The zero-order chi connectivity index (χ0) is 5.98. The van der Waals surface area contributed by atoms with Crippen LogP contribution < -0.4 is 0 Å². The highest BCUT2D eigenvalue weighted by atomic mass is 14.0. The van der Waals surface area contributed by atoms with Gasteiger partial charge in [0.1, 0.15) is 0 Å². The Morgan fingerprint density at radius 1 is 1.75 bits per heavy atom. The summed E-state index contributed by atoms with van der Waals surface area (Å²) in [5, 5.41) is 0. The zero-order valence-electron chi connectivity index (χ0n) is 5.36. The van der Waals surface area contributed by atoms with Gasteiger partial charge in [-0.2, -0.15) is 0 Å². The molecule has 1 aliphatic carbocycles. The van der Waals surface area contributed by atoms with Crippen molar-refractivity contribution in [2.45, 2.75) is 20.3 Å². The van der Waals surface area contributed by atoms with Gasteiger partial charge in [0.2, 0.25) is 0 Å². The average Bonchev–Trinajstić information content (AvgIpc) is 1.64. The standard InChI is InChI=1S/C8H10/c1-7-4-3-5-8(2)6-7/h6-7H,4H2,1-2H3. The molecule has 1 aliphatic rings. The van der Waals surface area contributed by atoms with Crippen molar-refractivity contribution in [3.63, 3.8) is 0 Å². The number of rotatable bonds is 0. The van der Waals surface area contributed by atoms with Crippen LogP contribution in [0.15, 0.2) is 11.6 Å². The Kier molecular flexibility index (Phi) is 1.39. The van der Waals surface area contributed by atoms with Gasteiger partial charge >= 0.3 is 0 Å². The first-order valence-corrected chi connectivity index (χ1v) is 2.96. The van der Waals surface area contributed by atoms with E-state index in [9.17, 15) is 0 Å². The lowest BCUT2D eigenvalue weighted by atomic mass is 10.0. The van der Waals surface area contributed by atoms with E-state index in [4.69, 9.17) is 0 Å². The summed E-state index contributed by atoms with van der Waals surface area (Å²) in [7, 11) is 0. The molecular weight excluding hydrogens is 96.1 g/mol. The van der Waals surface area contributed by atoms with E-state index in [1.807, 2.05) is 0 Å². The molecule has 0 fully saturated rings. The van der Waals surface area contributed by atoms with Gasteiger partial charge < -0.3 is 0 Å². The second-order valence-electron chi connectivity index (χ2n) is 2.33. The number of hydrogen-bond donors (Lipinski definition) is 0. The molecule has 0 aromatic carbocycles. The van der Waals surface area contributed by atoms with Crippen LogP contribution in [0.5, 0.6) is 0 Å². The topological polar surface area (TPSA) is 0 Å². The van der Waals surface area contributed by atoms with E-state index in [-0.39, 0.29) is 0 Å². The van der Waals surface area contributed by atoms with Gasteiger partial charge in [-0.1, -0.05) is 24.8 Å². The monoisotopic (exact) mass is 106 g/mol. The molecule has 1 rings (SSSR count). The third kappa shape index (κ3) is 1.13. The molecule has 42 valence electrons. The molecule has 0 saturated carbocycles. The predicted octanol–water partition coefficient (Wildman–Crippen LogP) is 1.98. The van der Waals surface area contributed by atoms with E-state index in [0.29, 0.717) is 5.92 Å². The second kappa shape index (κ2) is 2.05. The van der Waals surface area contributed by atoms with Crippen LogP contribution in [0.1, 0.15) is 20.3 Å². The molecule has 0 aromatic heterocycles. The first-order valence-electron chi connectivity index (χ1n) is 2.96. The maximum Gasteiger partial charge on any atom is 0.0153 e. The molecule has 0 saturated heterocycles. The summed E-state index contributed by atoms with van der Waals surface area (Å²) in [6.45, 7) is 4.25. The third-order valence-corrected chi connectivity index (χ3v) is 1.24. The van der Waals surface area contributed by atoms with Crippen molar-refractivity contribution in [2.24, 2.45) is 5.92 Å². The first kappa shape index (κ1) is 5.44. The van der Waals surface area contributed by atoms with E-state index in [0.717, 1.165) is 6.42 Å². The molecule has 0 heterocycles. The van der Waals surface area contributed by atoms with Gasteiger partial charge in [0.25, 0.3) is 0 Å². The average molecular weight is 106 g/mol. The summed E-state index contributed by atoms with van der Waals surface area (Å²) in [6, 6.07) is 0. The van der Waals surface area contributed by atoms with E-state index in [1.54, 1.807) is 0 Å². The minimum atomic E-state index is 0.677. The Hall–Kier alpha value is -0.700. The molecule has 0 heteroatoms.